The van der Waals surface area contributed by atoms with Gasteiger partial charge in [-0.25, -0.2) is 0 Å². The molecule has 0 heterocycles. The van der Waals surface area contributed by atoms with Crippen molar-refractivity contribution in [3.05, 3.63) is 33.8 Å². The zero-order valence-electron chi connectivity index (χ0n) is 6.38. The molecule has 68 valence electrons. The number of hydrogen-bond donors (Lipinski definition) is 1. The molecule has 0 spiro atoms. The quantitative estimate of drug-likeness (QED) is 0.770. The lowest BCUT2D eigenvalue weighted by atomic mass is 10.2. The Morgan fingerprint density at radius 2 is 1.85 bits per heavy atom. The molecule has 0 saturated heterocycles. The first-order valence-electron chi connectivity index (χ1n) is 3.35. The summed E-state index contributed by atoms with van der Waals surface area (Å²) >= 11 is 11.4. The summed E-state index contributed by atoms with van der Waals surface area (Å²) in [6, 6.07) is 4.66. The molecular weight excluding hydrogens is 213 g/mol. The van der Waals surface area contributed by atoms with Gasteiger partial charge >= 0.3 is 0 Å². The number of nitrogens with one attached hydrogen (secondary N) is 1. The van der Waals surface area contributed by atoms with E-state index in [9.17, 15) is 9.59 Å². The van der Waals surface area contributed by atoms with E-state index >= 15 is 0 Å². The number of benzene rings is 1. The summed E-state index contributed by atoms with van der Waals surface area (Å²) in [5.74, 6) is -0.606. The van der Waals surface area contributed by atoms with Gasteiger partial charge in [-0.15, -0.1) is 0 Å². The Morgan fingerprint density at radius 3 is 2.31 bits per heavy atom. The highest BCUT2D eigenvalue weighted by atomic mass is 35.5. The fraction of sp³-hybridized carbons (Fsp3) is 0. The summed E-state index contributed by atoms with van der Waals surface area (Å²) in [5, 5.41) is 2.38. The Morgan fingerprint density at radius 1 is 1.31 bits per heavy atom. The minimum atomic E-state index is -0.606. The molecule has 2 amide bonds. The SMILES string of the molecule is O=CNC(=O)c1c(Cl)cccc1Cl. The second kappa shape index (κ2) is 4.25. The van der Waals surface area contributed by atoms with Crippen molar-refractivity contribution < 1.29 is 9.59 Å². The molecule has 0 saturated carbocycles. The molecule has 0 radical (unpaired) electrons. The predicted molar refractivity (Wildman–Crippen MR) is 50.0 cm³/mol. The van der Waals surface area contributed by atoms with E-state index in [0.717, 1.165) is 0 Å². The molecule has 3 nitrogen and oxygen atoms in total. The van der Waals surface area contributed by atoms with Crippen LogP contribution in [0.3, 0.4) is 0 Å². The fourth-order valence-electron chi connectivity index (χ4n) is 0.840. The van der Waals surface area contributed by atoms with Crippen LogP contribution in [0.1, 0.15) is 10.4 Å². The van der Waals surface area contributed by atoms with Crippen LogP contribution in [0.15, 0.2) is 18.2 Å². The van der Waals surface area contributed by atoms with Gasteiger partial charge in [0.05, 0.1) is 15.6 Å². The van der Waals surface area contributed by atoms with Crippen LogP contribution in [0.25, 0.3) is 0 Å². The van der Waals surface area contributed by atoms with E-state index in [2.05, 4.69) is 0 Å². The molecule has 0 aliphatic heterocycles. The van der Waals surface area contributed by atoms with Crippen molar-refractivity contribution in [3.63, 3.8) is 0 Å². The van der Waals surface area contributed by atoms with E-state index in [4.69, 9.17) is 23.2 Å². The van der Waals surface area contributed by atoms with Crippen LogP contribution in [0, 0.1) is 0 Å². The van der Waals surface area contributed by atoms with Crippen molar-refractivity contribution in [1.82, 2.24) is 5.32 Å². The number of rotatable bonds is 2. The molecular formula is C8H5Cl2NO2. The molecule has 0 aliphatic rings. The predicted octanol–water partition coefficient (Wildman–Crippen LogP) is 1.88. The van der Waals surface area contributed by atoms with E-state index in [1.54, 1.807) is 6.07 Å². The van der Waals surface area contributed by atoms with Crippen molar-refractivity contribution in [2.45, 2.75) is 0 Å². The van der Waals surface area contributed by atoms with E-state index in [0.29, 0.717) is 0 Å². The maximum absolute atomic E-state index is 11.2. The van der Waals surface area contributed by atoms with E-state index < -0.39 is 5.91 Å². The lowest BCUT2D eigenvalue weighted by Gasteiger charge is -2.03. The second-order valence-corrected chi connectivity index (χ2v) is 3.00. The van der Waals surface area contributed by atoms with Crippen molar-refractivity contribution in [2.75, 3.05) is 0 Å². The summed E-state index contributed by atoms with van der Waals surface area (Å²) in [7, 11) is 0. The van der Waals surface area contributed by atoms with Gasteiger partial charge in [-0.3, -0.25) is 14.9 Å². The lowest BCUT2D eigenvalue weighted by molar-refractivity contribution is -0.108. The van der Waals surface area contributed by atoms with E-state index in [-0.39, 0.29) is 22.0 Å². The van der Waals surface area contributed by atoms with Crippen LogP contribution in [-0.2, 0) is 4.79 Å². The number of halogens is 2. The Bertz CT molecular complexity index is 332. The van der Waals surface area contributed by atoms with Crippen molar-refractivity contribution in [3.8, 4) is 0 Å². The molecule has 0 unspecified atom stereocenters. The third-order valence-corrected chi connectivity index (χ3v) is 2.01. The van der Waals surface area contributed by atoms with Crippen molar-refractivity contribution in [1.29, 1.82) is 0 Å². The summed E-state index contributed by atoms with van der Waals surface area (Å²) in [4.78, 5) is 21.2. The van der Waals surface area contributed by atoms with Crippen LogP contribution >= 0.6 is 23.2 Å². The molecule has 0 aliphatic carbocycles. The Hall–Kier alpha value is -1.06. The Kier molecular flexibility index (Phi) is 3.28. The number of carbonyl (C=O) groups is 2. The molecule has 1 rings (SSSR count). The first-order chi connectivity index (χ1) is 6.16. The molecule has 1 aromatic rings. The lowest BCUT2D eigenvalue weighted by Crippen LogP contribution is -2.21. The van der Waals surface area contributed by atoms with Gasteiger partial charge in [-0.05, 0) is 12.1 Å². The number of amides is 2. The van der Waals surface area contributed by atoms with Gasteiger partial charge in [0.25, 0.3) is 5.91 Å². The van der Waals surface area contributed by atoms with Crippen LogP contribution in [0.2, 0.25) is 10.0 Å². The number of imide groups is 1. The highest BCUT2D eigenvalue weighted by molar-refractivity contribution is 6.39. The first kappa shape index (κ1) is 10.0. The topological polar surface area (TPSA) is 46.2 Å². The minimum absolute atomic E-state index is 0.109. The van der Waals surface area contributed by atoms with Gasteiger partial charge < -0.3 is 0 Å². The van der Waals surface area contributed by atoms with Crippen LogP contribution < -0.4 is 5.32 Å². The maximum Gasteiger partial charge on any atom is 0.260 e. The van der Waals surface area contributed by atoms with E-state index in [1.165, 1.54) is 12.1 Å². The fourth-order valence-corrected chi connectivity index (χ4v) is 1.41. The zero-order chi connectivity index (χ0) is 9.84. The molecule has 1 N–H and O–H groups in total. The van der Waals surface area contributed by atoms with Gasteiger partial charge in [0.2, 0.25) is 6.41 Å². The Labute approximate surface area is 84.6 Å². The molecule has 1 aromatic carbocycles. The van der Waals surface area contributed by atoms with Crippen LogP contribution in [0.4, 0.5) is 0 Å². The summed E-state index contributed by atoms with van der Waals surface area (Å²) in [6.07, 6.45) is 0.280. The van der Waals surface area contributed by atoms with Crippen molar-refractivity contribution >= 4 is 35.5 Å². The number of carbonyl (C=O) groups excluding carboxylic acids is 2. The van der Waals surface area contributed by atoms with Gasteiger partial charge in [0, 0.05) is 0 Å². The monoisotopic (exact) mass is 217 g/mol. The standard InChI is InChI=1S/C8H5Cl2NO2/c9-5-2-1-3-6(10)7(5)8(13)11-4-12/h1-4H,(H,11,12,13). The largest absolute Gasteiger partial charge is 0.295 e. The molecule has 0 bridgehead atoms. The average molecular weight is 218 g/mol. The molecule has 0 aromatic heterocycles. The summed E-state index contributed by atoms with van der Waals surface area (Å²) < 4.78 is 0. The average Bonchev–Trinajstić information content (AvgIpc) is 2.04. The number of hydrogen-bond acceptors (Lipinski definition) is 2. The second-order valence-electron chi connectivity index (χ2n) is 2.19. The zero-order valence-corrected chi connectivity index (χ0v) is 7.89. The Balaban J connectivity index is 3.12. The molecule has 0 atom stereocenters. The summed E-state index contributed by atoms with van der Waals surface area (Å²) in [5.41, 5.74) is 0.109. The smallest absolute Gasteiger partial charge is 0.260 e. The van der Waals surface area contributed by atoms with Crippen LogP contribution in [-0.4, -0.2) is 12.3 Å². The molecule has 5 heteroatoms. The maximum atomic E-state index is 11.2. The van der Waals surface area contributed by atoms with Gasteiger partial charge in [-0.2, -0.15) is 0 Å². The highest BCUT2D eigenvalue weighted by Gasteiger charge is 2.12. The minimum Gasteiger partial charge on any atom is -0.295 e. The highest BCUT2D eigenvalue weighted by Crippen LogP contribution is 2.23. The first-order valence-corrected chi connectivity index (χ1v) is 4.11. The molecule has 13 heavy (non-hydrogen) atoms. The van der Waals surface area contributed by atoms with Gasteiger partial charge in [0.1, 0.15) is 0 Å². The molecule has 0 fully saturated rings. The van der Waals surface area contributed by atoms with Crippen LogP contribution in [0.5, 0.6) is 0 Å². The van der Waals surface area contributed by atoms with Crippen molar-refractivity contribution in [2.24, 2.45) is 0 Å². The van der Waals surface area contributed by atoms with Gasteiger partial charge in [-0.1, -0.05) is 29.3 Å². The third kappa shape index (κ3) is 2.20. The normalized spacial score (nSPS) is 9.38. The summed E-state index contributed by atoms with van der Waals surface area (Å²) in [6.45, 7) is 0. The van der Waals surface area contributed by atoms with E-state index in [1.807, 2.05) is 5.32 Å². The van der Waals surface area contributed by atoms with Gasteiger partial charge in [0.15, 0.2) is 0 Å². The third-order valence-electron chi connectivity index (χ3n) is 1.38.